The molecule has 0 N–H and O–H groups in total. The minimum atomic E-state index is -0.0711. The predicted molar refractivity (Wildman–Crippen MR) is 90.7 cm³/mol. The van der Waals surface area contributed by atoms with Gasteiger partial charge in [0.1, 0.15) is 6.54 Å². The van der Waals surface area contributed by atoms with E-state index in [1.54, 1.807) is 9.13 Å². The number of fused-ring (bicyclic) bond motifs is 1. The topological polar surface area (TPSA) is 65.8 Å². The number of aromatic nitrogens is 4. The largest absolute Gasteiger partial charge is 0.337 e. The van der Waals surface area contributed by atoms with E-state index in [0.29, 0.717) is 18.3 Å². The highest BCUT2D eigenvalue weighted by Gasteiger charge is 2.15. The molecular weight excluding hydrogens is 304 g/mol. The zero-order valence-corrected chi connectivity index (χ0v) is 13.2. The third-order valence-electron chi connectivity index (χ3n) is 4.03. The van der Waals surface area contributed by atoms with E-state index >= 15 is 0 Å². The Morgan fingerprint density at radius 1 is 0.958 bits per heavy atom. The molecule has 0 aliphatic rings. The van der Waals surface area contributed by atoms with Crippen LogP contribution in [0.2, 0.25) is 0 Å². The maximum Gasteiger partial charge on any atom is 0.329 e. The number of hydrogen-bond donors (Lipinski definition) is 0. The van der Waals surface area contributed by atoms with Gasteiger partial charge in [-0.1, -0.05) is 47.6 Å². The molecule has 0 saturated carbocycles. The van der Waals surface area contributed by atoms with Crippen molar-refractivity contribution in [3.05, 3.63) is 71.0 Å². The van der Waals surface area contributed by atoms with E-state index in [2.05, 4.69) is 10.1 Å². The summed E-state index contributed by atoms with van der Waals surface area (Å²) < 4.78 is 8.75. The van der Waals surface area contributed by atoms with Crippen LogP contribution in [0.3, 0.4) is 0 Å². The van der Waals surface area contributed by atoms with E-state index in [9.17, 15) is 4.79 Å². The van der Waals surface area contributed by atoms with Crippen LogP contribution in [0, 0.1) is 0 Å². The summed E-state index contributed by atoms with van der Waals surface area (Å²) in [5, 5.41) is 4.01. The van der Waals surface area contributed by atoms with Crippen LogP contribution in [-0.4, -0.2) is 19.3 Å². The van der Waals surface area contributed by atoms with E-state index in [1.165, 1.54) is 0 Å². The summed E-state index contributed by atoms with van der Waals surface area (Å²) in [6.45, 7) is 2.83. The van der Waals surface area contributed by atoms with Crippen molar-refractivity contribution in [2.45, 2.75) is 20.0 Å². The molecule has 4 rings (SSSR count). The SMILES string of the molecule is CCn1c(=O)n(Cc2nc(-c3ccccc3)no2)c2ccccc21. The summed E-state index contributed by atoms with van der Waals surface area (Å²) in [4.78, 5) is 17.0. The molecule has 0 spiro atoms. The molecule has 0 unspecified atom stereocenters. The van der Waals surface area contributed by atoms with E-state index in [4.69, 9.17) is 4.52 Å². The molecule has 0 radical (unpaired) electrons. The van der Waals surface area contributed by atoms with Gasteiger partial charge in [-0.15, -0.1) is 0 Å². The Labute approximate surface area is 138 Å². The van der Waals surface area contributed by atoms with Crippen molar-refractivity contribution in [3.8, 4) is 11.4 Å². The zero-order chi connectivity index (χ0) is 16.5. The molecule has 0 aliphatic heterocycles. The Balaban J connectivity index is 1.75. The molecule has 0 bridgehead atoms. The number of benzene rings is 2. The van der Waals surface area contributed by atoms with Gasteiger partial charge in [0.05, 0.1) is 11.0 Å². The van der Waals surface area contributed by atoms with Crippen molar-refractivity contribution in [3.63, 3.8) is 0 Å². The van der Waals surface area contributed by atoms with Crippen LogP contribution in [-0.2, 0) is 13.1 Å². The molecule has 0 atom stereocenters. The maximum absolute atomic E-state index is 12.6. The first kappa shape index (κ1) is 14.4. The molecule has 0 saturated heterocycles. The lowest BCUT2D eigenvalue weighted by Crippen LogP contribution is -2.24. The van der Waals surface area contributed by atoms with Gasteiger partial charge in [-0.3, -0.25) is 9.13 Å². The van der Waals surface area contributed by atoms with Gasteiger partial charge in [0.15, 0.2) is 0 Å². The maximum atomic E-state index is 12.6. The predicted octanol–water partition coefficient (Wildman–Crippen LogP) is 2.92. The lowest BCUT2D eigenvalue weighted by molar-refractivity contribution is 0.371. The van der Waals surface area contributed by atoms with Crippen LogP contribution >= 0.6 is 0 Å². The van der Waals surface area contributed by atoms with Crippen LogP contribution < -0.4 is 5.69 Å². The average Bonchev–Trinajstić information content (AvgIpc) is 3.20. The molecular formula is C18H16N4O2. The first-order valence-electron chi connectivity index (χ1n) is 7.84. The van der Waals surface area contributed by atoms with Gasteiger partial charge in [-0.05, 0) is 19.1 Å². The minimum Gasteiger partial charge on any atom is -0.337 e. The Hall–Kier alpha value is -3.15. The Bertz CT molecular complexity index is 1040. The summed E-state index contributed by atoms with van der Waals surface area (Å²) in [5.74, 6) is 0.938. The molecule has 6 heteroatoms. The van der Waals surface area contributed by atoms with Crippen LogP contribution in [0.25, 0.3) is 22.4 Å². The summed E-state index contributed by atoms with van der Waals surface area (Å²) in [6, 6.07) is 17.3. The van der Waals surface area contributed by atoms with Gasteiger partial charge >= 0.3 is 5.69 Å². The standard InChI is InChI=1S/C18H16N4O2/c1-2-21-14-10-6-7-11-15(14)22(18(21)23)12-16-19-17(20-24-16)13-8-4-3-5-9-13/h3-11H,2,12H2,1H3. The van der Waals surface area contributed by atoms with E-state index < -0.39 is 0 Å². The van der Waals surface area contributed by atoms with Crippen LogP contribution in [0.15, 0.2) is 63.9 Å². The van der Waals surface area contributed by atoms with Crippen molar-refractivity contribution in [2.24, 2.45) is 0 Å². The van der Waals surface area contributed by atoms with Gasteiger partial charge in [0, 0.05) is 12.1 Å². The van der Waals surface area contributed by atoms with E-state index in [1.807, 2.05) is 61.5 Å². The lowest BCUT2D eigenvalue weighted by atomic mass is 10.2. The molecule has 120 valence electrons. The lowest BCUT2D eigenvalue weighted by Gasteiger charge is -1.97. The average molecular weight is 320 g/mol. The van der Waals surface area contributed by atoms with Gasteiger partial charge < -0.3 is 4.52 Å². The molecule has 0 fully saturated rings. The fraction of sp³-hybridized carbons (Fsp3) is 0.167. The fourth-order valence-corrected chi connectivity index (χ4v) is 2.89. The second kappa shape index (κ2) is 5.81. The molecule has 6 nitrogen and oxygen atoms in total. The fourth-order valence-electron chi connectivity index (χ4n) is 2.89. The Morgan fingerprint density at radius 3 is 2.33 bits per heavy atom. The quantitative estimate of drug-likeness (QED) is 0.580. The summed E-state index contributed by atoms with van der Waals surface area (Å²) >= 11 is 0. The zero-order valence-electron chi connectivity index (χ0n) is 13.2. The van der Waals surface area contributed by atoms with Crippen molar-refractivity contribution >= 4 is 11.0 Å². The monoisotopic (exact) mass is 320 g/mol. The number of imidazole rings is 1. The van der Waals surface area contributed by atoms with Gasteiger partial charge in [0.2, 0.25) is 11.7 Å². The number of aryl methyl sites for hydroxylation is 1. The van der Waals surface area contributed by atoms with Gasteiger partial charge in [-0.25, -0.2) is 4.79 Å². The smallest absolute Gasteiger partial charge is 0.329 e. The molecule has 0 amide bonds. The molecule has 2 aromatic heterocycles. The number of rotatable bonds is 4. The highest BCUT2D eigenvalue weighted by molar-refractivity contribution is 5.76. The first-order chi connectivity index (χ1) is 11.8. The second-order valence-corrected chi connectivity index (χ2v) is 5.48. The normalized spacial score (nSPS) is 11.2. The highest BCUT2D eigenvalue weighted by atomic mass is 16.5. The molecule has 24 heavy (non-hydrogen) atoms. The summed E-state index contributed by atoms with van der Waals surface area (Å²) in [6.07, 6.45) is 0. The third-order valence-corrected chi connectivity index (χ3v) is 4.03. The molecule has 4 aromatic rings. The Morgan fingerprint density at radius 2 is 1.62 bits per heavy atom. The van der Waals surface area contributed by atoms with Crippen LogP contribution in [0.5, 0.6) is 0 Å². The van der Waals surface area contributed by atoms with Crippen molar-refractivity contribution in [1.29, 1.82) is 0 Å². The highest BCUT2D eigenvalue weighted by Crippen LogP contribution is 2.17. The van der Waals surface area contributed by atoms with Gasteiger partial charge in [-0.2, -0.15) is 4.98 Å². The van der Waals surface area contributed by atoms with Crippen molar-refractivity contribution < 1.29 is 4.52 Å². The minimum absolute atomic E-state index is 0.0711. The molecule has 2 aromatic carbocycles. The van der Waals surface area contributed by atoms with Crippen LogP contribution in [0.1, 0.15) is 12.8 Å². The summed E-state index contributed by atoms with van der Waals surface area (Å²) in [7, 11) is 0. The van der Waals surface area contributed by atoms with Crippen molar-refractivity contribution in [2.75, 3.05) is 0 Å². The second-order valence-electron chi connectivity index (χ2n) is 5.48. The molecule has 0 aliphatic carbocycles. The van der Waals surface area contributed by atoms with Crippen LogP contribution in [0.4, 0.5) is 0 Å². The Kier molecular flexibility index (Phi) is 3.49. The number of para-hydroxylation sites is 2. The van der Waals surface area contributed by atoms with E-state index in [-0.39, 0.29) is 12.2 Å². The number of hydrogen-bond acceptors (Lipinski definition) is 4. The molecule has 2 heterocycles. The first-order valence-corrected chi connectivity index (χ1v) is 7.84. The summed E-state index contributed by atoms with van der Waals surface area (Å²) in [5.41, 5.74) is 2.59. The van der Waals surface area contributed by atoms with E-state index in [0.717, 1.165) is 16.6 Å². The van der Waals surface area contributed by atoms with Crippen molar-refractivity contribution in [1.82, 2.24) is 19.3 Å². The third kappa shape index (κ3) is 2.32. The van der Waals surface area contributed by atoms with Gasteiger partial charge in [0.25, 0.3) is 0 Å². The number of nitrogens with zero attached hydrogens (tertiary/aromatic N) is 4.